The van der Waals surface area contributed by atoms with Crippen molar-refractivity contribution in [1.82, 2.24) is 15.1 Å². The van der Waals surface area contributed by atoms with Crippen molar-refractivity contribution in [3.8, 4) is 6.07 Å². The maximum atomic E-state index is 9.49. The number of hydrogen-bond donors (Lipinski definition) is 1. The monoisotopic (exact) mass is 274 g/mol. The molecule has 2 unspecified atom stereocenters. The van der Waals surface area contributed by atoms with Gasteiger partial charge in [0.05, 0.1) is 11.8 Å². The van der Waals surface area contributed by atoms with Gasteiger partial charge in [-0.25, -0.2) is 0 Å². The van der Waals surface area contributed by atoms with E-state index in [1.165, 1.54) is 11.3 Å². The first-order valence-electron chi connectivity index (χ1n) is 7.71. The first-order valence-corrected chi connectivity index (χ1v) is 7.71. The van der Waals surface area contributed by atoms with E-state index in [9.17, 15) is 5.26 Å². The van der Waals surface area contributed by atoms with Crippen LogP contribution in [-0.2, 0) is 13.0 Å². The van der Waals surface area contributed by atoms with Crippen LogP contribution in [0, 0.1) is 31.1 Å². The molecule has 0 aliphatic heterocycles. The predicted octanol–water partition coefficient (Wildman–Crippen LogP) is 2.73. The summed E-state index contributed by atoms with van der Waals surface area (Å²) in [5.41, 5.74) is 3.49. The van der Waals surface area contributed by atoms with Crippen molar-refractivity contribution >= 4 is 0 Å². The van der Waals surface area contributed by atoms with E-state index in [1.807, 2.05) is 7.05 Å². The van der Waals surface area contributed by atoms with Gasteiger partial charge in [0.1, 0.15) is 5.54 Å². The summed E-state index contributed by atoms with van der Waals surface area (Å²) in [7, 11) is 1.92. The van der Waals surface area contributed by atoms with Crippen molar-refractivity contribution in [2.75, 3.05) is 7.05 Å². The second kappa shape index (κ2) is 5.97. The SMILES string of the molecule is CCc1c(C)nn(CCC2CCCC2(C#N)NC)c1C. The fourth-order valence-corrected chi connectivity index (χ4v) is 3.74. The molecule has 1 aliphatic carbocycles. The highest BCUT2D eigenvalue weighted by atomic mass is 15.3. The van der Waals surface area contributed by atoms with Gasteiger partial charge in [0, 0.05) is 12.2 Å². The van der Waals surface area contributed by atoms with Crippen LogP contribution in [0.1, 0.15) is 49.6 Å². The van der Waals surface area contributed by atoms with Crippen LogP contribution in [0.15, 0.2) is 0 Å². The fourth-order valence-electron chi connectivity index (χ4n) is 3.74. The molecule has 2 rings (SSSR count). The Hall–Kier alpha value is -1.34. The molecule has 20 heavy (non-hydrogen) atoms. The Balaban J connectivity index is 2.08. The number of nitrogens with zero attached hydrogens (tertiary/aromatic N) is 3. The number of aryl methyl sites for hydroxylation is 2. The molecule has 4 nitrogen and oxygen atoms in total. The molecule has 110 valence electrons. The lowest BCUT2D eigenvalue weighted by molar-refractivity contribution is 0.302. The van der Waals surface area contributed by atoms with E-state index in [1.54, 1.807) is 0 Å². The van der Waals surface area contributed by atoms with Crippen molar-refractivity contribution in [1.29, 1.82) is 5.26 Å². The molecule has 1 aliphatic rings. The summed E-state index contributed by atoms with van der Waals surface area (Å²) in [5.74, 6) is 0.437. The van der Waals surface area contributed by atoms with Crippen molar-refractivity contribution < 1.29 is 0 Å². The van der Waals surface area contributed by atoms with Crippen LogP contribution < -0.4 is 5.32 Å². The zero-order valence-corrected chi connectivity index (χ0v) is 13.2. The molecule has 0 saturated heterocycles. The zero-order chi connectivity index (χ0) is 14.8. The number of hydrogen-bond acceptors (Lipinski definition) is 3. The van der Waals surface area contributed by atoms with E-state index >= 15 is 0 Å². The summed E-state index contributed by atoms with van der Waals surface area (Å²) < 4.78 is 2.13. The molecule has 1 saturated carbocycles. The lowest BCUT2D eigenvalue weighted by atomic mass is 9.86. The Morgan fingerprint density at radius 2 is 2.25 bits per heavy atom. The molecule has 4 heteroatoms. The van der Waals surface area contributed by atoms with Crippen molar-refractivity contribution in [3.05, 3.63) is 17.0 Å². The second-order valence-electron chi connectivity index (χ2n) is 5.94. The van der Waals surface area contributed by atoms with Crippen LogP contribution in [0.3, 0.4) is 0 Å². The summed E-state index contributed by atoms with van der Waals surface area (Å²) in [4.78, 5) is 0. The van der Waals surface area contributed by atoms with E-state index in [0.717, 1.165) is 44.3 Å². The van der Waals surface area contributed by atoms with Crippen molar-refractivity contribution in [2.45, 2.75) is 65.0 Å². The molecular formula is C16H26N4. The molecule has 1 heterocycles. The van der Waals surface area contributed by atoms with Crippen LogP contribution in [0.25, 0.3) is 0 Å². The lowest BCUT2D eigenvalue weighted by Gasteiger charge is -2.28. The van der Waals surface area contributed by atoms with Crippen LogP contribution in [0.5, 0.6) is 0 Å². The van der Waals surface area contributed by atoms with E-state index in [0.29, 0.717) is 5.92 Å². The summed E-state index contributed by atoms with van der Waals surface area (Å²) >= 11 is 0. The Bertz CT molecular complexity index is 511. The first kappa shape index (κ1) is 15.1. The van der Waals surface area contributed by atoms with E-state index in [4.69, 9.17) is 0 Å². The molecule has 0 bridgehead atoms. The van der Waals surface area contributed by atoms with Gasteiger partial charge >= 0.3 is 0 Å². The third-order valence-electron chi connectivity index (χ3n) is 5.04. The molecule has 1 fully saturated rings. The largest absolute Gasteiger partial charge is 0.302 e. The lowest BCUT2D eigenvalue weighted by Crippen LogP contribution is -2.45. The quantitative estimate of drug-likeness (QED) is 0.898. The molecule has 2 atom stereocenters. The summed E-state index contributed by atoms with van der Waals surface area (Å²) in [6, 6.07) is 2.52. The van der Waals surface area contributed by atoms with Crippen molar-refractivity contribution in [2.24, 2.45) is 5.92 Å². The maximum Gasteiger partial charge on any atom is 0.109 e. The van der Waals surface area contributed by atoms with E-state index in [-0.39, 0.29) is 5.54 Å². The highest BCUT2D eigenvalue weighted by Crippen LogP contribution is 2.37. The Kier molecular flexibility index (Phi) is 4.49. The fraction of sp³-hybridized carbons (Fsp3) is 0.750. The molecule has 1 aromatic rings. The molecule has 0 spiro atoms. The average molecular weight is 274 g/mol. The van der Waals surface area contributed by atoms with Gasteiger partial charge < -0.3 is 5.32 Å². The van der Waals surface area contributed by atoms with Crippen LogP contribution >= 0.6 is 0 Å². The summed E-state index contributed by atoms with van der Waals surface area (Å²) in [6.45, 7) is 7.34. The van der Waals surface area contributed by atoms with Crippen LogP contribution in [-0.4, -0.2) is 22.4 Å². The summed E-state index contributed by atoms with van der Waals surface area (Å²) in [5, 5.41) is 17.4. The number of nitriles is 1. The van der Waals surface area contributed by atoms with Gasteiger partial charge in [0.15, 0.2) is 0 Å². The van der Waals surface area contributed by atoms with Gasteiger partial charge in [-0.05, 0) is 58.1 Å². The minimum Gasteiger partial charge on any atom is -0.302 e. The Morgan fingerprint density at radius 3 is 2.80 bits per heavy atom. The van der Waals surface area contributed by atoms with Crippen LogP contribution in [0.4, 0.5) is 0 Å². The van der Waals surface area contributed by atoms with Gasteiger partial charge in [-0.2, -0.15) is 10.4 Å². The highest BCUT2D eigenvalue weighted by Gasteiger charge is 2.41. The Morgan fingerprint density at radius 1 is 1.50 bits per heavy atom. The molecule has 0 radical (unpaired) electrons. The maximum absolute atomic E-state index is 9.49. The first-order chi connectivity index (χ1) is 9.57. The van der Waals surface area contributed by atoms with Crippen molar-refractivity contribution in [3.63, 3.8) is 0 Å². The summed E-state index contributed by atoms with van der Waals surface area (Å²) in [6.07, 6.45) is 5.34. The van der Waals surface area contributed by atoms with Gasteiger partial charge in [0.25, 0.3) is 0 Å². The van der Waals surface area contributed by atoms with Crippen LogP contribution in [0.2, 0.25) is 0 Å². The normalized spacial score (nSPS) is 25.9. The van der Waals surface area contributed by atoms with Gasteiger partial charge in [-0.1, -0.05) is 13.3 Å². The highest BCUT2D eigenvalue weighted by molar-refractivity contribution is 5.24. The van der Waals surface area contributed by atoms with Gasteiger partial charge in [0.2, 0.25) is 0 Å². The van der Waals surface area contributed by atoms with Gasteiger partial charge in [-0.3, -0.25) is 4.68 Å². The molecule has 0 aromatic carbocycles. The number of aromatic nitrogens is 2. The molecule has 1 aromatic heterocycles. The molecular weight excluding hydrogens is 248 g/mol. The topological polar surface area (TPSA) is 53.6 Å². The third-order valence-corrected chi connectivity index (χ3v) is 5.04. The van der Waals surface area contributed by atoms with E-state index < -0.39 is 0 Å². The predicted molar refractivity (Wildman–Crippen MR) is 80.4 cm³/mol. The van der Waals surface area contributed by atoms with Gasteiger partial charge in [-0.15, -0.1) is 0 Å². The molecule has 0 amide bonds. The zero-order valence-electron chi connectivity index (χ0n) is 13.2. The Labute approximate surface area is 122 Å². The minimum atomic E-state index is -0.316. The average Bonchev–Trinajstić information content (AvgIpc) is 2.98. The molecule has 1 N–H and O–H groups in total. The second-order valence-corrected chi connectivity index (χ2v) is 5.94. The standard InChI is InChI=1S/C16H26N4/c1-5-15-12(2)19-20(13(15)3)10-8-14-7-6-9-16(14,11-17)18-4/h14,18H,5-10H2,1-4H3. The minimum absolute atomic E-state index is 0.316. The smallest absolute Gasteiger partial charge is 0.109 e. The number of nitrogens with one attached hydrogen (secondary N) is 1. The third kappa shape index (κ3) is 2.47. The van der Waals surface area contributed by atoms with E-state index in [2.05, 4.69) is 41.9 Å². The number of rotatable bonds is 5.